The standard InChI is InChI=1S/C15H13F3N2O3S/c1-3-11(21)23-12-8(2)5-4-6-9(12)13(22)20-14-19-7-10(24-14)15(16,17)18/h4-7H,3H2,1-2H3,(H,19,20,22). The van der Waals surface area contributed by atoms with Crippen molar-refractivity contribution in [1.82, 2.24) is 4.98 Å². The van der Waals surface area contributed by atoms with Crippen LogP contribution in [0.5, 0.6) is 5.75 Å². The van der Waals surface area contributed by atoms with Crippen LogP contribution in [0.25, 0.3) is 0 Å². The number of benzene rings is 1. The predicted octanol–water partition coefficient (Wildman–Crippen LogP) is 4.04. The Hall–Kier alpha value is -2.42. The molecule has 5 nitrogen and oxygen atoms in total. The van der Waals surface area contributed by atoms with E-state index in [4.69, 9.17) is 4.74 Å². The fraction of sp³-hybridized carbons (Fsp3) is 0.267. The second-order valence-corrected chi connectivity index (χ2v) is 5.79. The van der Waals surface area contributed by atoms with E-state index >= 15 is 0 Å². The number of para-hydroxylation sites is 1. The summed E-state index contributed by atoms with van der Waals surface area (Å²) in [6.45, 7) is 3.26. The Morgan fingerprint density at radius 1 is 1.33 bits per heavy atom. The maximum atomic E-state index is 12.6. The molecule has 0 saturated heterocycles. The van der Waals surface area contributed by atoms with E-state index in [-0.39, 0.29) is 22.9 Å². The van der Waals surface area contributed by atoms with Gasteiger partial charge in [-0.05, 0) is 18.6 Å². The van der Waals surface area contributed by atoms with Crippen molar-refractivity contribution in [3.05, 3.63) is 40.4 Å². The molecule has 0 aliphatic rings. The molecule has 0 saturated carbocycles. The van der Waals surface area contributed by atoms with E-state index < -0.39 is 22.9 Å². The highest BCUT2D eigenvalue weighted by molar-refractivity contribution is 7.15. The van der Waals surface area contributed by atoms with Crippen molar-refractivity contribution >= 4 is 28.3 Å². The highest BCUT2D eigenvalue weighted by atomic mass is 32.1. The first-order chi connectivity index (χ1) is 11.2. The number of halogens is 3. The number of anilines is 1. The summed E-state index contributed by atoms with van der Waals surface area (Å²) in [4.78, 5) is 26.4. The van der Waals surface area contributed by atoms with E-state index in [9.17, 15) is 22.8 Å². The Labute approximate surface area is 139 Å². The molecule has 0 radical (unpaired) electrons. The number of thiazole rings is 1. The minimum absolute atomic E-state index is 0.0422. The van der Waals surface area contributed by atoms with Gasteiger partial charge < -0.3 is 4.74 Å². The van der Waals surface area contributed by atoms with Crippen molar-refractivity contribution in [3.8, 4) is 5.75 Å². The number of amides is 1. The van der Waals surface area contributed by atoms with E-state index in [2.05, 4.69) is 10.3 Å². The van der Waals surface area contributed by atoms with E-state index in [1.54, 1.807) is 26.0 Å². The van der Waals surface area contributed by atoms with Gasteiger partial charge in [-0.2, -0.15) is 13.2 Å². The number of hydrogen-bond acceptors (Lipinski definition) is 5. The molecule has 2 aromatic rings. The zero-order chi connectivity index (χ0) is 17.9. The van der Waals surface area contributed by atoms with Gasteiger partial charge in [0.05, 0.1) is 11.8 Å². The van der Waals surface area contributed by atoms with Gasteiger partial charge in [0, 0.05) is 6.42 Å². The summed E-state index contributed by atoms with van der Waals surface area (Å²) in [5.74, 6) is -1.15. The van der Waals surface area contributed by atoms with E-state index in [1.807, 2.05) is 0 Å². The number of alkyl halides is 3. The number of ether oxygens (including phenoxy) is 1. The zero-order valence-electron chi connectivity index (χ0n) is 12.7. The smallest absolute Gasteiger partial charge is 0.425 e. The molecule has 1 aromatic carbocycles. The molecule has 1 aromatic heterocycles. The van der Waals surface area contributed by atoms with E-state index in [1.165, 1.54) is 6.07 Å². The summed E-state index contributed by atoms with van der Waals surface area (Å²) in [7, 11) is 0. The van der Waals surface area contributed by atoms with Crippen LogP contribution in [0.4, 0.5) is 18.3 Å². The predicted molar refractivity (Wildman–Crippen MR) is 82.2 cm³/mol. The Morgan fingerprint density at radius 3 is 2.62 bits per heavy atom. The van der Waals surface area contributed by atoms with Crippen LogP contribution >= 0.6 is 11.3 Å². The van der Waals surface area contributed by atoms with Crippen LogP contribution in [-0.4, -0.2) is 16.9 Å². The minimum atomic E-state index is -4.52. The molecule has 1 N–H and O–H groups in total. The van der Waals surface area contributed by atoms with Crippen molar-refractivity contribution in [3.63, 3.8) is 0 Å². The van der Waals surface area contributed by atoms with Crippen LogP contribution in [0, 0.1) is 6.92 Å². The van der Waals surface area contributed by atoms with Gasteiger partial charge in [-0.15, -0.1) is 0 Å². The molecule has 9 heteroatoms. The average molecular weight is 358 g/mol. The molecule has 0 spiro atoms. The van der Waals surface area contributed by atoms with Gasteiger partial charge >= 0.3 is 12.1 Å². The van der Waals surface area contributed by atoms with Gasteiger partial charge in [-0.1, -0.05) is 30.4 Å². The van der Waals surface area contributed by atoms with Gasteiger partial charge in [0.25, 0.3) is 5.91 Å². The van der Waals surface area contributed by atoms with Crippen LogP contribution in [0.1, 0.15) is 34.1 Å². The number of rotatable bonds is 4. The number of carbonyl (C=O) groups is 2. The van der Waals surface area contributed by atoms with Crippen LogP contribution in [0.3, 0.4) is 0 Å². The third-order valence-electron chi connectivity index (χ3n) is 2.97. The van der Waals surface area contributed by atoms with Crippen LogP contribution in [-0.2, 0) is 11.0 Å². The topological polar surface area (TPSA) is 68.3 Å². The maximum Gasteiger partial charge on any atom is 0.427 e. The second kappa shape index (κ2) is 7.00. The van der Waals surface area contributed by atoms with Crippen molar-refractivity contribution in [2.45, 2.75) is 26.4 Å². The fourth-order valence-corrected chi connectivity index (χ4v) is 2.46. The molecule has 0 aliphatic carbocycles. The third kappa shape index (κ3) is 4.10. The van der Waals surface area contributed by atoms with E-state index in [0.29, 0.717) is 23.1 Å². The lowest BCUT2D eigenvalue weighted by Gasteiger charge is -2.11. The number of aromatic nitrogens is 1. The van der Waals surface area contributed by atoms with Crippen molar-refractivity contribution < 1.29 is 27.5 Å². The fourth-order valence-electron chi connectivity index (χ4n) is 1.78. The lowest BCUT2D eigenvalue weighted by atomic mass is 10.1. The van der Waals surface area contributed by atoms with Gasteiger partial charge in [-0.25, -0.2) is 4.98 Å². The summed E-state index contributed by atoms with van der Waals surface area (Å²) in [6, 6.07) is 4.65. The highest BCUT2D eigenvalue weighted by Crippen LogP contribution is 2.35. The summed E-state index contributed by atoms with van der Waals surface area (Å²) in [6.07, 6.45) is -3.75. The molecule has 1 amide bonds. The number of aryl methyl sites for hydroxylation is 1. The van der Waals surface area contributed by atoms with Crippen LogP contribution < -0.4 is 10.1 Å². The summed E-state index contributed by atoms with van der Waals surface area (Å²) >= 11 is 0.315. The van der Waals surface area contributed by atoms with Gasteiger partial charge in [0.15, 0.2) is 5.13 Å². The molecule has 0 atom stereocenters. The quantitative estimate of drug-likeness (QED) is 0.662. The number of esters is 1. The van der Waals surface area contributed by atoms with Gasteiger partial charge in [-0.3, -0.25) is 14.9 Å². The molecule has 128 valence electrons. The molecule has 1 heterocycles. The SMILES string of the molecule is CCC(=O)Oc1c(C)cccc1C(=O)Nc1ncc(C(F)(F)F)s1. The molecule has 0 fully saturated rings. The Kier molecular flexibility index (Phi) is 5.23. The third-order valence-corrected chi connectivity index (χ3v) is 3.92. The van der Waals surface area contributed by atoms with Crippen LogP contribution in [0.15, 0.2) is 24.4 Å². The molecule has 2 rings (SSSR count). The van der Waals surface area contributed by atoms with Crippen molar-refractivity contribution in [2.24, 2.45) is 0 Å². The first-order valence-electron chi connectivity index (χ1n) is 6.87. The van der Waals surface area contributed by atoms with Gasteiger partial charge in [0.1, 0.15) is 10.6 Å². The number of nitrogens with zero attached hydrogens (tertiary/aromatic N) is 1. The Balaban J connectivity index is 2.25. The van der Waals surface area contributed by atoms with Crippen molar-refractivity contribution in [1.29, 1.82) is 0 Å². The molecular weight excluding hydrogens is 345 g/mol. The van der Waals surface area contributed by atoms with Crippen molar-refractivity contribution in [2.75, 3.05) is 5.32 Å². The summed E-state index contributed by atoms with van der Waals surface area (Å²) in [5, 5.41) is 2.09. The monoisotopic (exact) mass is 358 g/mol. The zero-order valence-corrected chi connectivity index (χ0v) is 13.5. The lowest BCUT2D eigenvalue weighted by Crippen LogP contribution is -2.16. The number of hydrogen-bond donors (Lipinski definition) is 1. The minimum Gasteiger partial charge on any atom is -0.425 e. The number of carbonyl (C=O) groups excluding carboxylic acids is 2. The molecular formula is C15H13F3N2O3S. The van der Waals surface area contributed by atoms with Gasteiger partial charge in [0.2, 0.25) is 0 Å². The first-order valence-corrected chi connectivity index (χ1v) is 7.68. The maximum absolute atomic E-state index is 12.6. The van der Waals surface area contributed by atoms with E-state index in [0.717, 1.165) is 0 Å². The largest absolute Gasteiger partial charge is 0.427 e. The molecule has 0 unspecified atom stereocenters. The second-order valence-electron chi connectivity index (χ2n) is 4.76. The Bertz CT molecular complexity index is 772. The summed E-state index contributed by atoms with van der Waals surface area (Å²) in [5.41, 5.74) is 0.597. The normalized spacial score (nSPS) is 11.2. The average Bonchev–Trinajstić information content (AvgIpc) is 2.97. The van der Waals surface area contributed by atoms with Crippen LogP contribution in [0.2, 0.25) is 0 Å². The first kappa shape index (κ1) is 17.9. The molecule has 0 bridgehead atoms. The molecule has 24 heavy (non-hydrogen) atoms. The molecule has 0 aliphatic heterocycles. The summed E-state index contributed by atoms with van der Waals surface area (Å²) < 4.78 is 42.8. The number of nitrogens with one attached hydrogen (secondary N) is 1. The lowest BCUT2D eigenvalue weighted by molar-refractivity contribution is -0.135. The Morgan fingerprint density at radius 2 is 2.04 bits per heavy atom. The highest BCUT2D eigenvalue weighted by Gasteiger charge is 2.33.